The van der Waals surface area contributed by atoms with Gasteiger partial charge in [-0.15, -0.1) is 0 Å². The Labute approximate surface area is 143 Å². The molecule has 0 bridgehead atoms. The maximum atomic E-state index is 12.8. The number of amides is 1. The number of morpholine rings is 1. The molecule has 2 fully saturated rings. The Morgan fingerprint density at radius 3 is 2.50 bits per heavy atom. The Bertz CT molecular complexity index is 566. The summed E-state index contributed by atoms with van der Waals surface area (Å²) in [5, 5.41) is 0. The van der Waals surface area contributed by atoms with Crippen molar-refractivity contribution in [3.63, 3.8) is 0 Å². The van der Waals surface area contributed by atoms with Crippen molar-refractivity contribution >= 4 is 11.6 Å². The summed E-state index contributed by atoms with van der Waals surface area (Å²) >= 11 is 0. The Morgan fingerprint density at radius 2 is 1.79 bits per heavy atom. The third kappa shape index (κ3) is 3.71. The summed E-state index contributed by atoms with van der Waals surface area (Å²) in [6.07, 6.45) is 1.17. The SMILES string of the molecule is CN(Cc1ccccc1N1CCOCC1)C(=O)C1(N)CCOCC1. The number of carbonyl (C=O) groups excluding carboxylic acids is 1. The normalized spacial score (nSPS) is 20.7. The molecule has 0 saturated carbocycles. The maximum absolute atomic E-state index is 12.8. The molecule has 0 radical (unpaired) electrons. The second kappa shape index (κ2) is 7.51. The van der Waals surface area contributed by atoms with Gasteiger partial charge in [-0.05, 0) is 24.5 Å². The number of carbonyl (C=O) groups is 1. The maximum Gasteiger partial charge on any atom is 0.242 e. The predicted molar refractivity (Wildman–Crippen MR) is 92.9 cm³/mol. The van der Waals surface area contributed by atoms with Crippen molar-refractivity contribution in [1.29, 1.82) is 0 Å². The van der Waals surface area contributed by atoms with Crippen molar-refractivity contribution in [2.24, 2.45) is 5.73 Å². The highest BCUT2D eigenvalue weighted by molar-refractivity contribution is 5.86. The molecule has 0 aliphatic carbocycles. The van der Waals surface area contributed by atoms with Crippen LogP contribution in [0.25, 0.3) is 0 Å². The van der Waals surface area contributed by atoms with Crippen molar-refractivity contribution in [2.45, 2.75) is 24.9 Å². The average molecular weight is 333 g/mol. The van der Waals surface area contributed by atoms with E-state index in [1.54, 1.807) is 4.90 Å². The van der Waals surface area contributed by atoms with Crippen LogP contribution >= 0.6 is 0 Å². The van der Waals surface area contributed by atoms with Gasteiger partial charge < -0.3 is 25.0 Å². The zero-order valence-corrected chi connectivity index (χ0v) is 14.4. The van der Waals surface area contributed by atoms with Crippen LogP contribution in [0.4, 0.5) is 5.69 Å². The summed E-state index contributed by atoms with van der Waals surface area (Å²) < 4.78 is 10.8. The Balaban J connectivity index is 1.72. The van der Waals surface area contributed by atoms with Gasteiger partial charge in [-0.1, -0.05) is 18.2 Å². The number of hydrogen-bond donors (Lipinski definition) is 1. The van der Waals surface area contributed by atoms with Crippen LogP contribution in [0.3, 0.4) is 0 Å². The first-order valence-electron chi connectivity index (χ1n) is 8.63. The van der Waals surface area contributed by atoms with Crippen LogP contribution in [0.2, 0.25) is 0 Å². The zero-order valence-electron chi connectivity index (χ0n) is 14.4. The van der Waals surface area contributed by atoms with Gasteiger partial charge >= 0.3 is 0 Å². The lowest BCUT2D eigenvalue weighted by molar-refractivity contribution is -0.139. The molecular weight excluding hydrogens is 306 g/mol. The highest BCUT2D eigenvalue weighted by Crippen LogP contribution is 2.25. The quantitative estimate of drug-likeness (QED) is 0.890. The van der Waals surface area contributed by atoms with E-state index in [-0.39, 0.29) is 5.91 Å². The van der Waals surface area contributed by atoms with E-state index in [0.29, 0.717) is 32.6 Å². The van der Waals surface area contributed by atoms with Crippen molar-refractivity contribution in [1.82, 2.24) is 4.90 Å². The molecule has 6 nitrogen and oxygen atoms in total. The van der Waals surface area contributed by atoms with E-state index in [1.165, 1.54) is 5.69 Å². The molecule has 1 aromatic rings. The van der Waals surface area contributed by atoms with Crippen molar-refractivity contribution in [3.05, 3.63) is 29.8 Å². The third-order valence-corrected chi connectivity index (χ3v) is 4.91. The molecule has 2 heterocycles. The molecule has 2 N–H and O–H groups in total. The summed E-state index contributed by atoms with van der Waals surface area (Å²) in [7, 11) is 1.84. The summed E-state index contributed by atoms with van der Waals surface area (Å²) in [6.45, 7) is 4.93. The topological polar surface area (TPSA) is 68.0 Å². The second-order valence-electron chi connectivity index (χ2n) is 6.66. The number of para-hydroxylation sites is 1. The summed E-state index contributed by atoms with van der Waals surface area (Å²) in [4.78, 5) is 16.9. The summed E-state index contributed by atoms with van der Waals surface area (Å²) in [5.74, 6) is 0.00239. The lowest BCUT2D eigenvalue weighted by Gasteiger charge is -2.36. The van der Waals surface area contributed by atoms with Crippen LogP contribution < -0.4 is 10.6 Å². The largest absolute Gasteiger partial charge is 0.381 e. The van der Waals surface area contributed by atoms with Gasteiger partial charge in [0.2, 0.25) is 5.91 Å². The van der Waals surface area contributed by atoms with Gasteiger partial charge in [-0.3, -0.25) is 4.79 Å². The van der Waals surface area contributed by atoms with E-state index >= 15 is 0 Å². The third-order valence-electron chi connectivity index (χ3n) is 4.91. The first kappa shape index (κ1) is 17.2. The van der Waals surface area contributed by atoms with E-state index in [9.17, 15) is 4.79 Å². The Hall–Kier alpha value is -1.63. The molecule has 0 atom stereocenters. The van der Waals surface area contributed by atoms with Crippen LogP contribution in [-0.4, -0.2) is 62.9 Å². The highest BCUT2D eigenvalue weighted by Gasteiger charge is 2.38. The minimum Gasteiger partial charge on any atom is -0.381 e. The first-order valence-corrected chi connectivity index (χ1v) is 8.63. The number of hydrogen-bond acceptors (Lipinski definition) is 5. The van der Waals surface area contributed by atoms with Gasteiger partial charge in [0.1, 0.15) is 0 Å². The molecule has 6 heteroatoms. The lowest BCUT2D eigenvalue weighted by atomic mass is 9.89. The van der Waals surface area contributed by atoms with Gasteiger partial charge in [-0.2, -0.15) is 0 Å². The van der Waals surface area contributed by atoms with Gasteiger partial charge in [0, 0.05) is 45.6 Å². The number of ether oxygens (including phenoxy) is 2. The number of benzene rings is 1. The fourth-order valence-corrected chi connectivity index (χ4v) is 3.41. The Kier molecular flexibility index (Phi) is 5.38. The molecule has 1 aromatic carbocycles. The van der Waals surface area contributed by atoms with Gasteiger partial charge in [0.15, 0.2) is 0 Å². The van der Waals surface area contributed by atoms with Crippen LogP contribution in [-0.2, 0) is 20.8 Å². The molecular formula is C18H27N3O3. The predicted octanol–water partition coefficient (Wildman–Crippen LogP) is 0.990. The van der Waals surface area contributed by atoms with Crippen LogP contribution in [0.5, 0.6) is 0 Å². The van der Waals surface area contributed by atoms with Crippen molar-refractivity contribution < 1.29 is 14.3 Å². The molecule has 0 aromatic heterocycles. The lowest BCUT2D eigenvalue weighted by Crippen LogP contribution is -2.57. The van der Waals surface area contributed by atoms with E-state index in [4.69, 9.17) is 15.2 Å². The van der Waals surface area contributed by atoms with Crippen molar-refractivity contribution in [2.75, 3.05) is 51.5 Å². The molecule has 1 amide bonds. The van der Waals surface area contributed by atoms with Gasteiger partial charge in [0.05, 0.1) is 18.8 Å². The average Bonchev–Trinajstić information content (AvgIpc) is 2.63. The summed E-state index contributed by atoms with van der Waals surface area (Å²) in [6, 6.07) is 8.26. The van der Waals surface area contributed by atoms with Crippen molar-refractivity contribution in [3.8, 4) is 0 Å². The number of nitrogens with two attached hydrogens (primary N) is 1. The van der Waals surface area contributed by atoms with E-state index < -0.39 is 5.54 Å². The molecule has 2 aliphatic rings. The Morgan fingerprint density at radius 1 is 1.17 bits per heavy atom. The van der Waals surface area contributed by atoms with E-state index in [0.717, 1.165) is 31.9 Å². The molecule has 2 saturated heterocycles. The zero-order chi connectivity index (χ0) is 17.0. The monoisotopic (exact) mass is 333 g/mol. The minimum atomic E-state index is -0.791. The number of rotatable bonds is 4. The highest BCUT2D eigenvalue weighted by atomic mass is 16.5. The standard InChI is InChI=1S/C18H27N3O3/c1-20(17(22)18(19)6-10-23-11-7-18)14-15-4-2-3-5-16(15)21-8-12-24-13-9-21/h2-5H,6-14,19H2,1H3. The van der Waals surface area contributed by atoms with Crippen LogP contribution in [0.15, 0.2) is 24.3 Å². The van der Waals surface area contributed by atoms with Crippen LogP contribution in [0.1, 0.15) is 18.4 Å². The van der Waals surface area contributed by atoms with Gasteiger partial charge in [0.25, 0.3) is 0 Å². The molecule has 3 rings (SSSR count). The number of anilines is 1. The van der Waals surface area contributed by atoms with Gasteiger partial charge in [-0.25, -0.2) is 0 Å². The molecule has 0 spiro atoms. The van der Waals surface area contributed by atoms with E-state index in [1.807, 2.05) is 19.2 Å². The fourth-order valence-electron chi connectivity index (χ4n) is 3.41. The number of nitrogens with zero attached hydrogens (tertiary/aromatic N) is 2. The molecule has 24 heavy (non-hydrogen) atoms. The summed E-state index contributed by atoms with van der Waals surface area (Å²) in [5.41, 5.74) is 7.87. The second-order valence-corrected chi connectivity index (χ2v) is 6.66. The minimum absolute atomic E-state index is 0.00239. The molecule has 132 valence electrons. The fraction of sp³-hybridized carbons (Fsp3) is 0.611. The smallest absolute Gasteiger partial charge is 0.242 e. The van der Waals surface area contributed by atoms with Crippen LogP contribution in [0, 0.1) is 0 Å². The first-order chi connectivity index (χ1) is 11.6. The molecule has 0 unspecified atom stereocenters. The number of likely N-dealkylation sites (N-methyl/N-ethyl adjacent to an activating group) is 1. The van der Waals surface area contributed by atoms with E-state index in [2.05, 4.69) is 17.0 Å². The molecule has 2 aliphatic heterocycles.